The van der Waals surface area contributed by atoms with Gasteiger partial charge in [0, 0.05) is 30.6 Å². The lowest BCUT2D eigenvalue weighted by molar-refractivity contribution is 0.113. The van der Waals surface area contributed by atoms with Crippen LogP contribution in [0.5, 0.6) is 0 Å². The summed E-state index contributed by atoms with van der Waals surface area (Å²) in [4.78, 5) is 21.6. The molecule has 3 heterocycles. The average Bonchev–Trinajstić information content (AvgIpc) is 3.27. The summed E-state index contributed by atoms with van der Waals surface area (Å²) in [5.74, 6) is 0. The van der Waals surface area contributed by atoms with Crippen molar-refractivity contribution in [3.8, 4) is 11.1 Å². The third-order valence-corrected chi connectivity index (χ3v) is 6.53. The summed E-state index contributed by atoms with van der Waals surface area (Å²) >= 11 is 6.13. The van der Waals surface area contributed by atoms with Crippen molar-refractivity contribution in [3.05, 3.63) is 117 Å². The van der Waals surface area contributed by atoms with Crippen LogP contribution in [0, 0.1) is 6.92 Å². The van der Waals surface area contributed by atoms with E-state index in [2.05, 4.69) is 9.97 Å². The summed E-state index contributed by atoms with van der Waals surface area (Å²) < 4.78 is 3.33. The molecule has 0 spiro atoms. The summed E-state index contributed by atoms with van der Waals surface area (Å²) in [7, 11) is 3.55. The van der Waals surface area contributed by atoms with Crippen LogP contribution in [0.3, 0.4) is 0 Å². The predicted octanol–water partition coefficient (Wildman–Crippen LogP) is 4.58. The normalized spacial score (nSPS) is 13.2. The van der Waals surface area contributed by atoms with Gasteiger partial charge in [-0.3, -0.25) is 9.78 Å². The van der Waals surface area contributed by atoms with E-state index in [-0.39, 0.29) is 5.56 Å². The van der Waals surface area contributed by atoms with Crippen molar-refractivity contribution in [2.24, 2.45) is 14.1 Å². The van der Waals surface area contributed by atoms with Crippen LogP contribution < -0.4 is 5.56 Å². The zero-order valence-electron chi connectivity index (χ0n) is 19.0. The molecular formula is C27H23ClN4O2. The maximum absolute atomic E-state index is 12.7. The van der Waals surface area contributed by atoms with Crippen LogP contribution in [0.4, 0.5) is 0 Å². The first kappa shape index (κ1) is 22.1. The fraction of sp³-hybridized carbons (Fsp3) is 0.148. The van der Waals surface area contributed by atoms with E-state index in [1.54, 1.807) is 65.2 Å². The van der Waals surface area contributed by atoms with Crippen LogP contribution in [0.1, 0.15) is 22.5 Å². The third-order valence-electron chi connectivity index (χ3n) is 6.28. The molecule has 0 aliphatic carbocycles. The molecule has 34 heavy (non-hydrogen) atoms. The van der Waals surface area contributed by atoms with Crippen molar-refractivity contribution >= 4 is 22.5 Å². The zero-order chi connectivity index (χ0) is 24.0. The van der Waals surface area contributed by atoms with E-state index in [1.165, 1.54) is 0 Å². The highest BCUT2D eigenvalue weighted by Gasteiger charge is 2.38. The highest BCUT2D eigenvalue weighted by atomic mass is 35.5. The van der Waals surface area contributed by atoms with Crippen LogP contribution in [0.2, 0.25) is 5.02 Å². The maximum atomic E-state index is 12.7. The molecule has 0 fully saturated rings. The number of aryl methyl sites for hydroxylation is 3. The average molecular weight is 471 g/mol. The van der Waals surface area contributed by atoms with Gasteiger partial charge in [0.2, 0.25) is 0 Å². The molecule has 170 valence electrons. The van der Waals surface area contributed by atoms with E-state index in [0.717, 1.165) is 22.1 Å². The lowest BCUT2D eigenvalue weighted by Crippen LogP contribution is -2.32. The van der Waals surface area contributed by atoms with Crippen LogP contribution in [-0.2, 0) is 19.7 Å². The van der Waals surface area contributed by atoms with Crippen LogP contribution >= 0.6 is 11.6 Å². The van der Waals surface area contributed by atoms with E-state index in [4.69, 9.17) is 11.6 Å². The monoisotopic (exact) mass is 470 g/mol. The zero-order valence-corrected chi connectivity index (χ0v) is 19.8. The highest BCUT2D eigenvalue weighted by Crippen LogP contribution is 2.38. The number of hydrogen-bond donors (Lipinski definition) is 1. The number of halogens is 1. The first-order valence-corrected chi connectivity index (χ1v) is 11.2. The lowest BCUT2D eigenvalue weighted by atomic mass is 9.86. The number of imidazole rings is 1. The Morgan fingerprint density at radius 1 is 1.00 bits per heavy atom. The molecule has 1 atom stereocenters. The van der Waals surface area contributed by atoms with Gasteiger partial charge in [-0.2, -0.15) is 0 Å². The number of aromatic nitrogens is 4. The van der Waals surface area contributed by atoms with E-state index >= 15 is 0 Å². The molecule has 6 nitrogen and oxygen atoms in total. The van der Waals surface area contributed by atoms with E-state index in [9.17, 15) is 9.90 Å². The minimum atomic E-state index is -1.59. The summed E-state index contributed by atoms with van der Waals surface area (Å²) in [6, 6.07) is 18.5. The minimum absolute atomic E-state index is 0.127. The molecule has 5 aromatic rings. The summed E-state index contributed by atoms with van der Waals surface area (Å²) in [6.45, 7) is 2.02. The van der Waals surface area contributed by atoms with E-state index < -0.39 is 5.60 Å². The van der Waals surface area contributed by atoms with Crippen molar-refractivity contribution in [1.29, 1.82) is 0 Å². The van der Waals surface area contributed by atoms with Gasteiger partial charge < -0.3 is 14.2 Å². The largest absolute Gasteiger partial charge is 0.373 e. The lowest BCUT2D eigenvalue weighted by Gasteiger charge is -2.29. The molecule has 7 heteroatoms. The van der Waals surface area contributed by atoms with Gasteiger partial charge in [-0.15, -0.1) is 0 Å². The molecule has 2 aromatic carbocycles. The molecule has 1 N–H and O–H groups in total. The maximum Gasteiger partial charge on any atom is 0.251 e. The van der Waals surface area contributed by atoms with Crippen molar-refractivity contribution in [2.75, 3.05) is 0 Å². The molecule has 0 saturated carbocycles. The summed E-state index contributed by atoms with van der Waals surface area (Å²) in [6.07, 6.45) is 4.91. The number of fused-ring (bicyclic) bond motifs is 1. The fourth-order valence-electron chi connectivity index (χ4n) is 4.42. The Morgan fingerprint density at radius 2 is 1.76 bits per heavy atom. The Hall–Kier alpha value is -3.74. The Labute approximate surface area is 201 Å². The van der Waals surface area contributed by atoms with Crippen LogP contribution in [0.15, 0.2) is 84.2 Å². The topological polar surface area (TPSA) is 72.9 Å². The molecule has 5 rings (SSSR count). The number of nitrogens with zero attached hydrogens (tertiary/aromatic N) is 4. The van der Waals surface area contributed by atoms with Gasteiger partial charge in [-0.05, 0) is 41.8 Å². The Balaban J connectivity index is 1.84. The molecular weight excluding hydrogens is 448 g/mol. The Kier molecular flexibility index (Phi) is 5.35. The first-order valence-electron chi connectivity index (χ1n) is 10.8. The van der Waals surface area contributed by atoms with E-state index in [1.807, 2.05) is 44.3 Å². The SMILES string of the molecule is Cc1cccc(-c2cc(=O)n(C)c3cnc(C(O)(c4ccc(Cl)cc4)c4cncn4C)cc23)c1. The van der Waals surface area contributed by atoms with Gasteiger partial charge in [0.1, 0.15) is 0 Å². The Morgan fingerprint density at radius 3 is 2.44 bits per heavy atom. The molecule has 0 bridgehead atoms. The molecule has 0 amide bonds. The van der Waals surface area contributed by atoms with Crippen molar-refractivity contribution < 1.29 is 5.11 Å². The second-order valence-corrected chi connectivity index (χ2v) is 8.95. The summed E-state index contributed by atoms with van der Waals surface area (Å²) in [5.41, 5.74) is 3.34. The number of aliphatic hydroxyl groups is 1. The minimum Gasteiger partial charge on any atom is -0.373 e. The van der Waals surface area contributed by atoms with Gasteiger partial charge in [0.25, 0.3) is 5.56 Å². The number of rotatable bonds is 4. The molecule has 0 aliphatic heterocycles. The van der Waals surface area contributed by atoms with Gasteiger partial charge >= 0.3 is 0 Å². The molecule has 0 saturated heterocycles. The van der Waals surface area contributed by atoms with Gasteiger partial charge in [0.15, 0.2) is 5.60 Å². The van der Waals surface area contributed by atoms with Crippen molar-refractivity contribution in [3.63, 3.8) is 0 Å². The smallest absolute Gasteiger partial charge is 0.251 e. The number of benzene rings is 2. The van der Waals surface area contributed by atoms with Crippen molar-refractivity contribution in [2.45, 2.75) is 12.5 Å². The Bertz CT molecular complexity index is 1590. The standard InChI is InChI=1S/C27H23ClN4O2/c1-17-5-4-6-18(11-17)21-13-26(33)32(3)23-14-30-24(12-22(21)23)27(34,25-15-29-16-31(25)2)19-7-9-20(28)10-8-19/h4-16,34H,1-3H3. The molecule has 3 aromatic heterocycles. The first-order chi connectivity index (χ1) is 16.3. The van der Waals surface area contributed by atoms with Crippen LogP contribution in [0.25, 0.3) is 22.0 Å². The van der Waals surface area contributed by atoms with Gasteiger partial charge in [0.05, 0.1) is 35.6 Å². The fourth-order valence-corrected chi connectivity index (χ4v) is 4.55. The number of hydrogen-bond acceptors (Lipinski definition) is 4. The molecule has 0 radical (unpaired) electrons. The quantitative estimate of drug-likeness (QED) is 0.417. The van der Waals surface area contributed by atoms with Gasteiger partial charge in [-0.1, -0.05) is 53.6 Å². The number of pyridine rings is 2. The molecule has 0 aliphatic rings. The second-order valence-electron chi connectivity index (χ2n) is 8.52. The highest BCUT2D eigenvalue weighted by molar-refractivity contribution is 6.30. The second kappa shape index (κ2) is 8.24. The summed E-state index contributed by atoms with van der Waals surface area (Å²) in [5, 5.41) is 13.6. The predicted molar refractivity (Wildman–Crippen MR) is 134 cm³/mol. The third kappa shape index (κ3) is 3.52. The van der Waals surface area contributed by atoms with E-state index in [0.29, 0.717) is 27.5 Å². The van der Waals surface area contributed by atoms with Gasteiger partial charge in [-0.25, -0.2) is 4.98 Å². The molecule has 1 unspecified atom stereocenters. The van der Waals surface area contributed by atoms with Crippen molar-refractivity contribution in [1.82, 2.24) is 19.1 Å². The van der Waals surface area contributed by atoms with Crippen LogP contribution in [-0.4, -0.2) is 24.2 Å².